The molecule has 0 saturated carbocycles. The zero-order valence-corrected chi connectivity index (χ0v) is 14.4. The predicted octanol–water partition coefficient (Wildman–Crippen LogP) is 1.45. The number of methoxy groups -OCH3 is 2. The van der Waals surface area contributed by atoms with E-state index in [2.05, 4.69) is 15.8 Å². The van der Waals surface area contributed by atoms with Gasteiger partial charge in [0, 0.05) is 20.1 Å². The first-order chi connectivity index (χ1) is 11.0. The summed E-state index contributed by atoms with van der Waals surface area (Å²) in [5.41, 5.74) is 3.47. The summed E-state index contributed by atoms with van der Waals surface area (Å²) in [5.74, 6) is 0.391. The van der Waals surface area contributed by atoms with E-state index in [0.717, 1.165) is 5.56 Å². The van der Waals surface area contributed by atoms with Gasteiger partial charge in [-0.1, -0.05) is 0 Å². The number of rotatable bonds is 7. The van der Waals surface area contributed by atoms with E-state index in [-0.39, 0.29) is 6.04 Å². The van der Waals surface area contributed by atoms with Gasteiger partial charge in [0.15, 0.2) is 16.6 Å². The number of carbonyl (C=O) groups is 1. The van der Waals surface area contributed by atoms with Gasteiger partial charge >= 0.3 is 5.97 Å². The van der Waals surface area contributed by atoms with Gasteiger partial charge in [0.05, 0.1) is 19.9 Å². The number of hydrogen-bond donors (Lipinski definition) is 2. The maximum absolute atomic E-state index is 11.0. The van der Waals surface area contributed by atoms with Crippen molar-refractivity contribution in [3.05, 3.63) is 23.8 Å². The summed E-state index contributed by atoms with van der Waals surface area (Å²) in [5, 5.41) is 7.46. The first-order valence-corrected chi connectivity index (χ1v) is 7.32. The molecule has 0 amide bonds. The topological polar surface area (TPSA) is 81.2 Å². The lowest BCUT2D eigenvalue weighted by Crippen LogP contribution is -2.40. The quantitative estimate of drug-likeness (QED) is 0.256. The smallest absolute Gasteiger partial charge is 0.308 e. The van der Waals surface area contributed by atoms with Crippen LogP contribution in [0.1, 0.15) is 19.4 Å². The van der Waals surface area contributed by atoms with E-state index in [0.29, 0.717) is 23.2 Å². The predicted molar refractivity (Wildman–Crippen MR) is 92.1 cm³/mol. The standard InChI is InChI=1S/C15H21N3O4S/c1-10(9-20-3)17-15(23)18-16-8-12-5-6-13(22-11(2)19)14(7-12)21-4/h5-8,10H,9H2,1-4H3,(H2,17,18,23)/b16-8-/t10-/m0/s1. The number of nitrogens with zero attached hydrogens (tertiary/aromatic N) is 1. The lowest BCUT2D eigenvalue weighted by molar-refractivity contribution is -0.132. The fraction of sp³-hybridized carbons (Fsp3) is 0.400. The minimum Gasteiger partial charge on any atom is -0.493 e. The zero-order valence-electron chi connectivity index (χ0n) is 13.6. The fourth-order valence-electron chi connectivity index (χ4n) is 1.72. The van der Waals surface area contributed by atoms with E-state index < -0.39 is 5.97 Å². The monoisotopic (exact) mass is 339 g/mol. The summed E-state index contributed by atoms with van der Waals surface area (Å²) in [6, 6.07) is 5.17. The molecule has 0 saturated heterocycles. The molecule has 0 aromatic heterocycles. The third-order valence-electron chi connectivity index (χ3n) is 2.62. The molecule has 0 aliphatic heterocycles. The van der Waals surface area contributed by atoms with Crippen molar-refractivity contribution in [1.82, 2.24) is 10.7 Å². The maximum atomic E-state index is 11.0. The molecule has 0 fully saturated rings. The number of ether oxygens (including phenoxy) is 3. The van der Waals surface area contributed by atoms with Crippen LogP contribution in [0.5, 0.6) is 11.5 Å². The van der Waals surface area contributed by atoms with Crippen molar-refractivity contribution in [3.8, 4) is 11.5 Å². The molecule has 0 heterocycles. The summed E-state index contributed by atoms with van der Waals surface area (Å²) in [6.07, 6.45) is 1.58. The molecule has 2 N–H and O–H groups in total. The Morgan fingerprint density at radius 1 is 1.39 bits per heavy atom. The first-order valence-electron chi connectivity index (χ1n) is 6.91. The van der Waals surface area contributed by atoms with Crippen LogP contribution in [0.15, 0.2) is 23.3 Å². The highest BCUT2D eigenvalue weighted by Crippen LogP contribution is 2.27. The lowest BCUT2D eigenvalue weighted by Gasteiger charge is -2.13. The molecule has 0 unspecified atom stereocenters. The molecule has 0 aliphatic rings. The summed E-state index contributed by atoms with van der Waals surface area (Å²) < 4.78 is 15.2. The zero-order chi connectivity index (χ0) is 17.2. The second-order valence-corrected chi connectivity index (χ2v) is 5.11. The van der Waals surface area contributed by atoms with Crippen LogP contribution in [-0.4, -0.2) is 44.2 Å². The van der Waals surface area contributed by atoms with Crippen LogP contribution in [0.4, 0.5) is 0 Å². The highest BCUT2D eigenvalue weighted by atomic mass is 32.1. The van der Waals surface area contributed by atoms with Crippen LogP contribution >= 0.6 is 12.2 Å². The average Bonchev–Trinajstić information content (AvgIpc) is 2.48. The van der Waals surface area contributed by atoms with Crippen LogP contribution in [0.3, 0.4) is 0 Å². The molecular formula is C15H21N3O4S. The Hall–Kier alpha value is -2.19. The summed E-state index contributed by atoms with van der Waals surface area (Å²) in [4.78, 5) is 11.0. The fourth-order valence-corrected chi connectivity index (χ4v) is 1.97. The molecule has 1 aromatic carbocycles. The number of benzene rings is 1. The number of thiocarbonyl (C=S) groups is 1. The number of hydrazone groups is 1. The molecule has 1 rings (SSSR count). The third kappa shape index (κ3) is 7.07. The molecule has 7 nitrogen and oxygen atoms in total. The van der Waals surface area contributed by atoms with Crippen molar-refractivity contribution in [2.75, 3.05) is 20.8 Å². The Morgan fingerprint density at radius 2 is 2.13 bits per heavy atom. The molecule has 0 aliphatic carbocycles. The Labute approximate surface area is 141 Å². The van der Waals surface area contributed by atoms with Crippen LogP contribution in [-0.2, 0) is 9.53 Å². The van der Waals surface area contributed by atoms with Crippen molar-refractivity contribution in [2.24, 2.45) is 5.10 Å². The van der Waals surface area contributed by atoms with Gasteiger partial charge in [0.25, 0.3) is 0 Å². The summed E-state index contributed by atoms with van der Waals surface area (Å²) in [6.45, 7) is 3.82. The van der Waals surface area contributed by atoms with Gasteiger partial charge in [0.1, 0.15) is 0 Å². The number of carbonyl (C=O) groups excluding carboxylic acids is 1. The molecule has 1 aromatic rings. The van der Waals surface area contributed by atoms with Crippen molar-refractivity contribution < 1.29 is 19.0 Å². The number of esters is 1. The molecule has 0 spiro atoms. The molecule has 23 heavy (non-hydrogen) atoms. The number of hydrogen-bond acceptors (Lipinski definition) is 6. The number of nitrogens with one attached hydrogen (secondary N) is 2. The molecule has 1 atom stereocenters. The van der Waals surface area contributed by atoms with Gasteiger partial charge in [-0.05, 0) is 42.9 Å². The van der Waals surface area contributed by atoms with Crippen molar-refractivity contribution in [2.45, 2.75) is 19.9 Å². The van der Waals surface area contributed by atoms with Crippen molar-refractivity contribution in [1.29, 1.82) is 0 Å². The van der Waals surface area contributed by atoms with E-state index in [9.17, 15) is 4.79 Å². The summed E-state index contributed by atoms with van der Waals surface area (Å²) >= 11 is 5.10. The van der Waals surface area contributed by atoms with Gasteiger partial charge in [0.2, 0.25) is 0 Å². The van der Waals surface area contributed by atoms with Crippen LogP contribution in [0.2, 0.25) is 0 Å². The van der Waals surface area contributed by atoms with Crippen molar-refractivity contribution >= 4 is 29.5 Å². The molecule has 126 valence electrons. The van der Waals surface area contributed by atoms with Gasteiger partial charge in [-0.3, -0.25) is 10.2 Å². The van der Waals surface area contributed by atoms with E-state index >= 15 is 0 Å². The highest BCUT2D eigenvalue weighted by molar-refractivity contribution is 7.80. The highest BCUT2D eigenvalue weighted by Gasteiger charge is 2.07. The largest absolute Gasteiger partial charge is 0.493 e. The first kappa shape index (κ1) is 18.9. The Kier molecular flexibility index (Phi) is 8.00. The minimum absolute atomic E-state index is 0.0818. The molecule has 0 bridgehead atoms. The van der Waals surface area contributed by atoms with Crippen LogP contribution in [0, 0.1) is 0 Å². The van der Waals surface area contributed by atoms with E-state index in [1.807, 2.05) is 6.92 Å². The minimum atomic E-state index is -0.409. The SMILES string of the molecule is COC[C@H](C)NC(=S)N/N=C\c1ccc(OC(C)=O)c(OC)c1. The van der Waals surface area contributed by atoms with E-state index in [4.69, 9.17) is 26.4 Å². The van der Waals surface area contributed by atoms with Gasteiger partial charge < -0.3 is 19.5 Å². The van der Waals surface area contributed by atoms with E-state index in [1.54, 1.807) is 31.5 Å². The summed E-state index contributed by atoms with van der Waals surface area (Å²) in [7, 11) is 3.12. The lowest BCUT2D eigenvalue weighted by atomic mass is 10.2. The Balaban J connectivity index is 2.63. The maximum Gasteiger partial charge on any atom is 0.308 e. The second kappa shape index (κ2) is 9.75. The van der Waals surface area contributed by atoms with Gasteiger partial charge in [-0.15, -0.1) is 0 Å². The molecule has 8 heteroatoms. The van der Waals surface area contributed by atoms with E-state index in [1.165, 1.54) is 14.0 Å². The normalized spacial score (nSPS) is 11.8. The average molecular weight is 339 g/mol. The second-order valence-electron chi connectivity index (χ2n) is 4.70. The van der Waals surface area contributed by atoms with Gasteiger partial charge in [-0.2, -0.15) is 5.10 Å². The molecule has 0 radical (unpaired) electrons. The van der Waals surface area contributed by atoms with Crippen LogP contribution in [0.25, 0.3) is 0 Å². The third-order valence-corrected chi connectivity index (χ3v) is 2.82. The van der Waals surface area contributed by atoms with Crippen molar-refractivity contribution in [3.63, 3.8) is 0 Å². The van der Waals surface area contributed by atoms with Gasteiger partial charge in [-0.25, -0.2) is 0 Å². The van der Waals surface area contributed by atoms with Crippen LogP contribution < -0.4 is 20.2 Å². The Bertz CT molecular complexity index is 578. The Morgan fingerprint density at radius 3 is 2.74 bits per heavy atom. The molecular weight excluding hydrogens is 318 g/mol.